The van der Waals surface area contributed by atoms with E-state index in [0.29, 0.717) is 13.0 Å². The molecule has 1 fully saturated rings. The van der Waals surface area contributed by atoms with E-state index in [1.165, 1.54) is 24.0 Å². The Bertz CT molecular complexity index is 709. The molecular formula is C24H32N2O2. The van der Waals surface area contributed by atoms with E-state index < -0.39 is 0 Å². The number of hydrogen-bond donors (Lipinski definition) is 1. The molecule has 1 unspecified atom stereocenters. The first kappa shape index (κ1) is 20.6. The van der Waals surface area contributed by atoms with Crippen molar-refractivity contribution < 1.29 is 9.53 Å². The van der Waals surface area contributed by atoms with Crippen LogP contribution in [0.25, 0.3) is 0 Å². The van der Waals surface area contributed by atoms with Gasteiger partial charge in [-0.05, 0) is 29.5 Å². The molecule has 1 amide bonds. The standard InChI is InChI=1S/C24H32N2O2/c1-2-3-7-20-10-12-21(13-11-20)18-24(27)25-19-23(22-8-5-4-6-9-22)26-14-16-28-17-15-26/h4-6,8-13,23H,2-3,7,14-19H2,1H3,(H,25,27). The van der Waals surface area contributed by atoms with E-state index in [9.17, 15) is 4.79 Å². The summed E-state index contributed by atoms with van der Waals surface area (Å²) in [5, 5.41) is 3.15. The van der Waals surface area contributed by atoms with E-state index in [1.807, 2.05) is 6.07 Å². The van der Waals surface area contributed by atoms with Crippen LogP contribution in [0.3, 0.4) is 0 Å². The van der Waals surface area contributed by atoms with Gasteiger partial charge in [0.2, 0.25) is 5.91 Å². The zero-order valence-electron chi connectivity index (χ0n) is 16.9. The van der Waals surface area contributed by atoms with Gasteiger partial charge in [-0.3, -0.25) is 9.69 Å². The average molecular weight is 381 g/mol. The van der Waals surface area contributed by atoms with E-state index in [2.05, 4.69) is 65.7 Å². The van der Waals surface area contributed by atoms with Crippen LogP contribution in [0.2, 0.25) is 0 Å². The number of carbonyl (C=O) groups is 1. The molecule has 0 aromatic heterocycles. The van der Waals surface area contributed by atoms with Gasteiger partial charge in [-0.2, -0.15) is 0 Å². The number of ether oxygens (including phenoxy) is 1. The van der Waals surface area contributed by atoms with Crippen LogP contribution >= 0.6 is 0 Å². The number of aryl methyl sites for hydroxylation is 1. The van der Waals surface area contributed by atoms with Gasteiger partial charge in [0.25, 0.3) is 0 Å². The van der Waals surface area contributed by atoms with Crippen molar-refractivity contribution in [2.75, 3.05) is 32.8 Å². The van der Waals surface area contributed by atoms with E-state index in [1.54, 1.807) is 0 Å². The minimum Gasteiger partial charge on any atom is -0.379 e. The summed E-state index contributed by atoms with van der Waals surface area (Å²) < 4.78 is 5.50. The fraction of sp³-hybridized carbons (Fsp3) is 0.458. The molecule has 1 N–H and O–H groups in total. The first-order valence-corrected chi connectivity index (χ1v) is 10.5. The highest BCUT2D eigenvalue weighted by molar-refractivity contribution is 5.78. The van der Waals surface area contributed by atoms with Crippen molar-refractivity contribution in [1.29, 1.82) is 0 Å². The van der Waals surface area contributed by atoms with Crippen molar-refractivity contribution in [3.8, 4) is 0 Å². The van der Waals surface area contributed by atoms with Crippen LogP contribution < -0.4 is 5.32 Å². The van der Waals surface area contributed by atoms with E-state index in [4.69, 9.17) is 4.74 Å². The molecule has 4 heteroatoms. The van der Waals surface area contributed by atoms with Gasteiger partial charge in [-0.1, -0.05) is 67.9 Å². The molecule has 2 aromatic carbocycles. The lowest BCUT2D eigenvalue weighted by atomic mass is 10.0. The summed E-state index contributed by atoms with van der Waals surface area (Å²) in [6.07, 6.45) is 3.96. The average Bonchev–Trinajstić information content (AvgIpc) is 2.75. The molecule has 0 aliphatic carbocycles. The Morgan fingerprint density at radius 2 is 1.71 bits per heavy atom. The number of carbonyl (C=O) groups excluding carboxylic acids is 1. The Morgan fingerprint density at radius 1 is 1.04 bits per heavy atom. The van der Waals surface area contributed by atoms with Crippen LogP contribution in [-0.4, -0.2) is 43.7 Å². The molecule has 1 aliphatic rings. The Balaban J connectivity index is 1.55. The summed E-state index contributed by atoms with van der Waals surface area (Å²) in [6, 6.07) is 19.1. The second-order valence-corrected chi connectivity index (χ2v) is 7.48. The zero-order chi connectivity index (χ0) is 19.6. The molecule has 28 heavy (non-hydrogen) atoms. The van der Waals surface area contributed by atoms with Crippen molar-refractivity contribution in [3.05, 3.63) is 71.3 Å². The maximum Gasteiger partial charge on any atom is 0.224 e. The fourth-order valence-electron chi connectivity index (χ4n) is 3.69. The maximum atomic E-state index is 12.5. The number of nitrogens with zero attached hydrogens (tertiary/aromatic N) is 1. The summed E-state index contributed by atoms with van der Waals surface area (Å²) in [6.45, 7) is 6.13. The van der Waals surface area contributed by atoms with E-state index in [0.717, 1.165) is 38.3 Å². The van der Waals surface area contributed by atoms with E-state index >= 15 is 0 Å². The van der Waals surface area contributed by atoms with Crippen molar-refractivity contribution >= 4 is 5.91 Å². The normalized spacial score (nSPS) is 15.9. The summed E-state index contributed by atoms with van der Waals surface area (Å²) >= 11 is 0. The first-order valence-electron chi connectivity index (χ1n) is 10.5. The van der Waals surface area contributed by atoms with Crippen molar-refractivity contribution in [2.24, 2.45) is 0 Å². The number of hydrogen-bond acceptors (Lipinski definition) is 3. The SMILES string of the molecule is CCCCc1ccc(CC(=O)NCC(c2ccccc2)N2CCOCC2)cc1. The molecule has 0 saturated carbocycles. The predicted octanol–water partition coefficient (Wildman–Crippen LogP) is 3.76. The van der Waals surface area contributed by atoms with Gasteiger partial charge >= 0.3 is 0 Å². The van der Waals surface area contributed by atoms with Crippen molar-refractivity contribution in [2.45, 2.75) is 38.6 Å². The van der Waals surface area contributed by atoms with Gasteiger partial charge in [-0.15, -0.1) is 0 Å². The number of amides is 1. The van der Waals surface area contributed by atoms with Gasteiger partial charge in [0.05, 0.1) is 25.7 Å². The number of nitrogens with one attached hydrogen (secondary N) is 1. The highest BCUT2D eigenvalue weighted by Gasteiger charge is 2.23. The third kappa shape index (κ3) is 6.18. The highest BCUT2D eigenvalue weighted by atomic mass is 16.5. The minimum absolute atomic E-state index is 0.0792. The third-order valence-electron chi connectivity index (χ3n) is 5.37. The molecule has 150 valence electrons. The molecule has 1 aliphatic heterocycles. The molecule has 1 heterocycles. The molecule has 2 aromatic rings. The monoisotopic (exact) mass is 380 g/mol. The largest absolute Gasteiger partial charge is 0.379 e. The molecule has 0 spiro atoms. The van der Waals surface area contributed by atoms with Crippen LogP contribution in [0.5, 0.6) is 0 Å². The molecule has 3 rings (SSSR count). The van der Waals surface area contributed by atoms with Gasteiger partial charge in [0, 0.05) is 19.6 Å². The van der Waals surface area contributed by atoms with Crippen LogP contribution in [-0.2, 0) is 22.4 Å². The first-order chi connectivity index (χ1) is 13.8. The number of rotatable bonds is 9. The second-order valence-electron chi connectivity index (χ2n) is 7.48. The van der Waals surface area contributed by atoms with Gasteiger partial charge in [-0.25, -0.2) is 0 Å². The van der Waals surface area contributed by atoms with Crippen molar-refractivity contribution in [1.82, 2.24) is 10.2 Å². The summed E-state index contributed by atoms with van der Waals surface area (Å²) in [5.41, 5.74) is 3.66. The molecule has 0 radical (unpaired) electrons. The second kappa shape index (κ2) is 11.0. The Kier molecular flexibility index (Phi) is 8.07. The van der Waals surface area contributed by atoms with Crippen molar-refractivity contribution in [3.63, 3.8) is 0 Å². The molecular weight excluding hydrogens is 348 g/mol. The number of unbranched alkanes of at least 4 members (excludes halogenated alkanes) is 1. The maximum absolute atomic E-state index is 12.5. The van der Waals surface area contributed by atoms with E-state index in [-0.39, 0.29) is 11.9 Å². The van der Waals surface area contributed by atoms with Crippen LogP contribution in [0.1, 0.15) is 42.5 Å². The molecule has 1 atom stereocenters. The van der Waals surface area contributed by atoms with Crippen LogP contribution in [0.15, 0.2) is 54.6 Å². The van der Waals surface area contributed by atoms with Gasteiger partial charge in [0.1, 0.15) is 0 Å². The van der Waals surface area contributed by atoms with Crippen LogP contribution in [0, 0.1) is 0 Å². The highest BCUT2D eigenvalue weighted by Crippen LogP contribution is 2.21. The fourth-order valence-corrected chi connectivity index (χ4v) is 3.69. The Labute approximate surface area is 168 Å². The molecule has 4 nitrogen and oxygen atoms in total. The smallest absolute Gasteiger partial charge is 0.224 e. The lowest BCUT2D eigenvalue weighted by molar-refractivity contribution is -0.120. The van der Waals surface area contributed by atoms with Gasteiger partial charge < -0.3 is 10.1 Å². The zero-order valence-corrected chi connectivity index (χ0v) is 16.9. The summed E-state index contributed by atoms with van der Waals surface area (Å²) in [4.78, 5) is 14.9. The minimum atomic E-state index is 0.0792. The lowest BCUT2D eigenvalue weighted by Gasteiger charge is -2.35. The molecule has 1 saturated heterocycles. The third-order valence-corrected chi connectivity index (χ3v) is 5.37. The number of benzene rings is 2. The molecule has 0 bridgehead atoms. The van der Waals surface area contributed by atoms with Crippen LogP contribution in [0.4, 0.5) is 0 Å². The van der Waals surface area contributed by atoms with Gasteiger partial charge in [0.15, 0.2) is 0 Å². The Hall–Kier alpha value is -2.17. The predicted molar refractivity (Wildman–Crippen MR) is 113 cm³/mol. The summed E-state index contributed by atoms with van der Waals surface area (Å²) in [7, 11) is 0. The Morgan fingerprint density at radius 3 is 2.39 bits per heavy atom. The topological polar surface area (TPSA) is 41.6 Å². The lowest BCUT2D eigenvalue weighted by Crippen LogP contribution is -2.44. The number of morpholine rings is 1. The quantitative estimate of drug-likeness (QED) is 0.720. The summed E-state index contributed by atoms with van der Waals surface area (Å²) in [5.74, 6) is 0.0792.